The largest absolute Gasteiger partial charge is 0.393 e. The number of rotatable bonds is 2. The summed E-state index contributed by atoms with van der Waals surface area (Å²) in [4.78, 5) is 8.09. The molecule has 0 bridgehead atoms. The number of thiocarbonyl (C=S) groups is 1. The first-order chi connectivity index (χ1) is 4.79. The van der Waals surface area contributed by atoms with Crippen LogP contribution in [0.4, 0.5) is 0 Å². The quantitative estimate of drug-likeness (QED) is 0.621. The fourth-order valence-corrected chi connectivity index (χ4v) is 0.789. The van der Waals surface area contributed by atoms with E-state index in [1.165, 1.54) is 6.33 Å². The van der Waals surface area contributed by atoms with E-state index in [-0.39, 0.29) is 0 Å². The molecule has 0 saturated heterocycles. The summed E-state index contributed by atoms with van der Waals surface area (Å²) in [6.07, 6.45) is 5.46. The molecule has 1 aromatic heterocycles. The van der Waals surface area contributed by atoms with Crippen LogP contribution in [0.2, 0.25) is 0 Å². The van der Waals surface area contributed by atoms with Gasteiger partial charge < -0.3 is 5.73 Å². The van der Waals surface area contributed by atoms with E-state index in [0.717, 1.165) is 5.56 Å². The normalized spacial score (nSPS) is 9.20. The van der Waals surface area contributed by atoms with Gasteiger partial charge in [0.1, 0.15) is 6.33 Å². The average molecular weight is 153 g/mol. The molecule has 0 amide bonds. The molecule has 1 heterocycles. The second-order valence-corrected chi connectivity index (χ2v) is 2.41. The Labute approximate surface area is 64.3 Å². The molecule has 0 unspecified atom stereocenters. The van der Waals surface area contributed by atoms with Crippen molar-refractivity contribution in [3.05, 3.63) is 24.3 Å². The Bertz CT molecular complexity index is 222. The van der Waals surface area contributed by atoms with E-state index in [0.29, 0.717) is 11.4 Å². The third-order valence-corrected chi connectivity index (χ3v) is 1.14. The highest BCUT2D eigenvalue weighted by Gasteiger charge is 1.92. The summed E-state index contributed by atoms with van der Waals surface area (Å²) in [5.74, 6) is 0. The Morgan fingerprint density at radius 3 is 2.60 bits per heavy atom. The molecule has 0 spiro atoms. The highest BCUT2D eigenvalue weighted by Crippen LogP contribution is 1.93. The van der Waals surface area contributed by atoms with Gasteiger partial charge in [-0.2, -0.15) is 0 Å². The van der Waals surface area contributed by atoms with Crippen LogP contribution in [0.25, 0.3) is 0 Å². The van der Waals surface area contributed by atoms with E-state index < -0.39 is 0 Å². The average Bonchev–Trinajstić information content (AvgIpc) is 1.88. The maximum atomic E-state index is 5.30. The van der Waals surface area contributed by atoms with E-state index in [1.54, 1.807) is 12.4 Å². The van der Waals surface area contributed by atoms with Crippen LogP contribution in [-0.4, -0.2) is 15.0 Å². The second-order valence-electron chi connectivity index (χ2n) is 1.89. The summed E-state index contributed by atoms with van der Waals surface area (Å²) >= 11 is 4.70. The van der Waals surface area contributed by atoms with Crippen molar-refractivity contribution >= 4 is 17.2 Å². The van der Waals surface area contributed by atoms with Crippen molar-refractivity contribution in [2.75, 3.05) is 0 Å². The lowest BCUT2D eigenvalue weighted by Crippen LogP contribution is -2.11. The van der Waals surface area contributed by atoms with Gasteiger partial charge in [0.15, 0.2) is 0 Å². The lowest BCUT2D eigenvalue weighted by Gasteiger charge is -1.94. The minimum absolute atomic E-state index is 0.467. The number of nitrogens with zero attached hydrogens (tertiary/aromatic N) is 2. The molecule has 4 heteroatoms. The van der Waals surface area contributed by atoms with Gasteiger partial charge in [-0.3, -0.25) is 0 Å². The third-order valence-electron chi connectivity index (χ3n) is 0.992. The summed E-state index contributed by atoms with van der Waals surface area (Å²) < 4.78 is 0. The van der Waals surface area contributed by atoms with Crippen LogP contribution < -0.4 is 5.73 Å². The number of aromatic nitrogens is 2. The van der Waals surface area contributed by atoms with Crippen molar-refractivity contribution < 1.29 is 0 Å². The molecule has 2 N–H and O–H groups in total. The molecule has 3 nitrogen and oxygen atoms in total. The molecule has 0 aliphatic heterocycles. The molecule has 0 radical (unpaired) electrons. The van der Waals surface area contributed by atoms with Gasteiger partial charge in [0.25, 0.3) is 0 Å². The zero-order chi connectivity index (χ0) is 7.40. The standard InChI is InChI=1S/C6H7N3S/c7-6(10)1-5-2-8-4-9-3-5/h2-4H,1H2,(H2,7,10). The van der Waals surface area contributed by atoms with Gasteiger partial charge in [0, 0.05) is 18.8 Å². The van der Waals surface area contributed by atoms with Gasteiger partial charge in [-0.25, -0.2) is 9.97 Å². The maximum Gasteiger partial charge on any atom is 0.115 e. The van der Waals surface area contributed by atoms with E-state index >= 15 is 0 Å². The van der Waals surface area contributed by atoms with E-state index in [4.69, 9.17) is 18.0 Å². The summed E-state index contributed by atoms with van der Waals surface area (Å²) in [7, 11) is 0. The Balaban J connectivity index is 2.67. The van der Waals surface area contributed by atoms with Gasteiger partial charge in [-0.15, -0.1) is 0 Å². The molecule has 1 aromatic rings. The zero-order valence-corrected chi connectivity index (χ0v) is 6.14. The van der Waals surface area contributed by atoms with Crippen molar-refractivity contribution in [2.24, 2.45) is 5.73 Å². The Hall–Kier alpha value is -1.03. The van der Waals surface area contributed by atoms with E-state index in [1.807, 2.05) is 0 Å². The van der Waals surface area contributed by atoms with Crippen LogP contribution in [-0.2, 0) is 6.42 Å². The first-order valence-corrected chi connectivity index (χ1v) is 3.22. The number of hydrogen-bond acceptors (Lipinski definition) is 3. The number of hydrogen-bond donors (Lipinski definition) is 1. The van der Waals surface area contributed by atoms with Crippen molar-refractivity contribution in [1.29, 1.82) is 0 Å². The molecule has 0 aromatic carbocycles. The molecule has 52 valence electrons. The van der Waals surface area contributed by atoms with Crippen molar-refractivity contribution in [2.45, 2.75) is 6.42 Å². The maximum absolute atomic E-state index is 5.30. The van der Waals surface area contributed by atoms with Crippen LogP contribution in [0, 0.1) is 0 Å². The van der Waals surface area contributed by atoms with Crippen molar-refractivity contribution in [1.82, 2.24) is 9.97 Å². The molecule has 10 heavy (non-hydrogen) atoms. The Morgan fingerprint density at radius 1 is 1.50 bits per heavy atom. The van der Waals surface area contributed by atoms with Crippen LogP contribution in [0.3, 0.4) is 0 Å². The molecule has 0 aliphatic rings. The fourth-order valence-electron chi connectivity index (χ4n) is 0.622. The van der Waals surface area contributed by atoms with E-state index in [9.17, 15) is 0 Å². The van der Waals surface area contributed by atoms with Gasteiger partial charge in [-0.1, -0.05) is 12.2 Å². The van der Waals surface area contributed by atoms with Crippen molar-refractivity contribution in [3.8, 4) is 0 Å². The van der Waals surface area contributed by atoms with Gasteiger partial charge in [0.05, 0.1) is 4.99 Å². The highest BCUT2D eigenvalue weighted by atomic mass is 32.1. The first kappa shape index (κ1) is 7.08. The highest BCUT2D eigenvalue weighted by molar-refractivity contribution is 7.80. The lowest BCUT2D eigenvalue weighted by molar-refractivity contribution is 1.11. The van der Waals surface area contributed by atoms with Gasteiger partial charge >= 0.3 is 0 Å². The molecule has 0 fully saturated rings. The topological polar surface area (TPSA) is 51.8 Å². The van der Waals surface area contributed by atoms with Gasteiger partial charge in [0.2, 0.25) is 0 Å². The predicted octanol–water partition coefficient (Wildman–Crippen LogP) is 0.305. The molecular weight excluding hydrogens is 146 g/mol. The minimum Gasteiger partial charge on any atom is -0.393 e. The van der Waals surface area contributed by atoms with Crippen LogP contribution >= 0.6 is 12.2 Å². The summed E-state index contributed by atoms with van der Waals surface area (Å²) in [6.45, 7) is 0. The van der Waals surface area contributed by atoms with Crippen LogP contribution in [0.15, 0.2) is 18.7 Å². The van der Waals surface area contributed by atoms with E-state index in [2.05, 4.69) is 9.97 Å². The predicted molar refractivity (Wildman–Crippen MR) is 42.5 cm³/mol. The Kier molecular flexibility index (Phi) is 2.28. The third kappa shape index (κ3) is 2.06. The van der Waals surface area contributed by atoms with Crippen LogP contribution in [0.1, 0.15) is 5.56 Å². The molecule has 0 saturated carbocycles. The molecule has 0 aliphatic carbocycles. The SMILES string of the molecule is NC(=S)Cc1cncnc1. The summed E-state index contributed by atoms with van der Waals surface area (Å²) in [5.41, 5.74) is 6.25. The summed E-state index contributed by atoms with van der Waals surface area (Å²) in [6, 6.07) is 0. The number of nitrogens with two attached hydrogens (primary N) is 1. The van der Waals surface area contributed by atoms with Gasteiger partial charge in [-0.05, 0) is 5.56 Å². The zero-order valence-electron chi connectivity index (χ0n) is 5.32. The monoisotopic (exact) mass is 153 g/mol. The molecule has 1 rings (SSSR count). The second kappa shape index (κ2) is 3.22. The molecular formula is C6H7N3S. The minimum atomic E-state index is 0.467. The summed E-state index contributed by atoms with van der Waals surface area (Å²) in [5, 5.41) is 0. The Morgan fingerprint density at radius 2 is 2.10 bits per heavy atom. The fraction of sp³-hybridized carbons (Fsp3) is 0.167. The smallest absolute Gasteiger partial charge is 0.115 e. The lowest BCUT2D eigenvalue weighted by atomic mass is 10.2. The van der Waals surface area contributed by atoms with Crippen molar-refractivity contribution in [3.63, 3.8) is 0 Å². The van der Waals surface area contributed by atoms with Crippen LogP contribution in [0.5, 0.6) is 0 Å². The molecule has 0 atom stereocenters. The first-order valence-electron chi connectivity index (χ1n) is 2.81.